The molecule has 1 aromatic carbocycles. The number of thiophene rings is 1. The first-order valence-electron chi connectivity index (χ1n) is 7.50. The first kappa shape index (κ1) is 16.3. The molecule has 1 saturated heterocycles. The number of benzene rings is 1. The van der Waals surface area contributed by atoms with Crippen LogP contribution in [0.2, 0.25) is 0 Å². The maximum atomic E-state index is 13.1. The monoisotopic (exact) mass is 346 g/mol. The third-order valence-electron chi connectivity index (χ3n) is 3.92. The zero-order valence-electron chi connectivity index (χ0n) is 13.4. The number of carbonyl (C=O) groups excluding carboxylic acids is 2. The van der Waals surface area contributed by atoms with Crippen LogP contribution in [0.3, 0.4) is 0 Å². The summed E-state index contributed by atoms with van der Waals surface area (Å²) in [7, 11) is 3.06. The number of amides is 2. The van der Waals surface area contributed by atoms with E-state index in [1.54, 1.807) is 30.2 Å². The Morgan fingerprint density at radius 1 is 1.29 bits per heavy atom. The van der Waals surface area contributed by atoms with Crippen LogP contribution >= 0.6 is 11.3 Å². The van der Waals surface area contributed by atoms with Crippen LogP contribution in [-0.4, -0.2) is 44.0 Å². The number of hydrogen-bond acceptors (Lipinski definition) is 5. The van der Waals surface area contributed by atoms with Gasteiger partial charge in [-0.2, -0.15) is 0 Å². The maximum absolute atomic E-state index is 13.1. The molecule has 3 rings (SSSR count). The average molecular weight is 346 g/mol. The van der Waals surface area contributed by atoms with E-state index >= 15 is 0 Å². The molecule has 0 spiro atoms. The highest BCUT2D eigenvalue weighted by atomic mass is 32.1. The van der Waals surface area contributed by atoms with Gasteiger partial charge in [-0.05, 0) is 23.6 Å². The lowest BCUT2D eigenvalue weighted by molar-refractivity contribution is -0.127. The number of nitrogens with one attached hydrogen (secondary N) is 1. The number of rotatable bonds is 4. The molecular formula is C17H18N2O4S. The Labute approximate surface area is 144 Å². The number of hydrogen-bond donors (Lipinski definition) is 1. The number of ether oxygens (including phenoxy) is 2. The molecule has 0 unspecified atom stereocenters. The van der Waals surface area contributed by atoms with Crippen molar-refractivity contribution in [2.75, 3.05) is 27.3 Å². The summed E-state index contributed by atoms with van der Waals surface area (Å²) in [6.45, 7) is 0.882. The molecule has 6 nitrogen and oxygen atoms in total. The SMILES string of the molecule is COc1ccc(C(=O)N2CCNC(=O)[C@@H]2c2cccs2)c(OC)c1. The van der Waals surface area contributed by atoms with Crippen LogP contribution in [0, 0.1) is 0 Å². The third-order valence-corrected chi connectivity index (χ3v) is 4.85. The van der Waals surface area contributed by atoms with Gasteiger partial charge in [0.1, 0.15) is 17.5 Å². The lowest BCUT2D eigenvalue weighted by Gasteiger charge is -2.34. The summed E-state index contributed by atoms with van der Waals surface area (Å²) >= 11 is 1.46. The van der Waals surface area contributed by atoms with Gasteiger partial charge in [-0.3, -0.25) is 9.59 Å². The predicted molar refractivity (Wildman–Crippen MR) is 90.7 cm³/mol. The molecule has 2 aromatic rings. The highest BCUT2D eigenvalue weighted by molar-refractivity contribution is 7.10. The largest absolute Gasteiger partial charge is 0.497 e. The van der Waals surface area contributed by atoms with E-state index < -0.39 is 6.04 Å². The van der Waals surface area contributed by atoms with E-state index in [4.69, 9.17) is 9.47 Å². The summed E-state index contributed by atoms with van der Waals surface area (Å²) in [4.78, 5) is 27.8. The van der Waals surface area contributed by atoms with E-state index in [9.17, 15) is 9.59 Å². The Hall–Kier alpha value is -2.54. The van der Waals surface area contributed by atoms with Crippen LogP contribution in [0.4, 0.5) is 0 Å². The molecule has 0 radical (unpaired) electrons. The van der Waals surface area contributed by atoms with Crippen LogP contribution in [0.5, 0.6) is 11.5 Å². The Morgan fingerprint density at radius 3 is 2.79 bits per heavy atom. The zero-order valence-corrected chi connectivity index (χ0v) is 14.3. The normalized spacial score (nSPS) is 17.3. The van der Waals surface area contributed by atoms with E-state index in [-0.39, 0.29) is 11.8 Å². The molecule has 1 aliphatic rings. The van der Waals surface area contributed by atoms with Gasteiger partial charge in [0.25, 0.3) is 5.91 Å². The highest BCUT2D eigenvalue weighted by Crippen LogP contribution is 2.31. The molecule has 2 heterocycles. The van der Waals surface area contributed by atoms with Gasteiger partial charge in [0.05, 0.1) is 19.8 Å². The lowest BCUT2D eigenvalue weighted by atomic mass is 10.1. The maximum Gasteiger partial charge on any atom is 0.258 e. The van der Waals surface area contributed by atoms with Gasteiger partial charge in [-0.1, -0.05) is 6.07 Å². The minimum Gasteiger partial charge on any atom is -0.497 e. The minimum atomic E-state index is -0.613. The first-order valence-corrected chi connectivity index (χ1v) is 8.37. The van der Waals surface area contributed by atoms with Crippen molar-refractivity contribution < 1.29 is 19.1 Å². The number of methoxy groups -OCH3 is 2. The molecule has 7 heteroatoms. The van der Waals surface area contributed by atoms with Crippen LogP contribution in [0.15, 0.2) is 35.7 Å². The van der Waals surface area contributed by atoms with Gasteiger partial charge >= 0.3 is 0 Å². The molecule has 1 fully saturated rings. The van der Waals surface area contributed by atoms with Crippen molar-refractivity contribution in [1.29, 1.82) is 0 Å². The second kappa shape index (κ2) is 6.92. The molecule has 1 atom stereocenters. The zero-order chi connectivity index (χ0) is 17.1. The van der Waals surface area contributed by atoms with Gasteiger partial charge in [0.15, 0.2) is 0 Å². The Bertz CT molecular complexity index is 745. The van der Waals surface area contributed by atoms with Crippen molar-refractivity contribution in [2.24, 2.45) is 0 Å². The van der Waals surface area contributed by atoms with Crippen molar-refractivity contribution in [1.82, 2.24) is 10.2 Å². The molecule has 0 saturated carbocycles. The third kappa shape index (κ3) is 2.94. The molecule has 0 bridgehead atoms. The van der Waals surface area contributed by atoms with Gasteiger partial charge in [-0.15, -0.1) is 11.3 Å². The summed E-state index contributed by atoms with van der Waals surface area (Å²) in [5.41, 5.74) is 0.412. The summed E-state index contributed by atoms with van der Waals surface area (Å²) in [5.74, 6) is 0.636. The number of carbonyl (C=O) groups is 2. The average Bonchev–Trinajstić information content (AvgIpc) is 3.14. The molecule has 2 amide bonds. The van der Waals surface area contributed by atoms with Gasteiger partial charge in [0.2, 0.25) is 5.91 Å². The van der Waals surface area contributed by atoms with E-state index in [0.717, 1.165) is 4.88 Å². The fourth-order valence-corrected chi connectivity index (χ4v) is 3.58. The molecule has 1 N–H and O–H groups in total. The van der Waals surface area contributed by atoms with E-state index in [2.05, 4.69) is 5.32 Å². The van der Waals surface area contributed by atoms with E-state index in [1.165, 1.54) is 18.4 Å². The smallest absolute Gasteiger partial charge is 0.258 e. The molecular weight excluding hydrogens is 328 g/mol. The summed E-state index contributed by atoms with van der Waals surface area (Å²) in [6, 6.07) is 8.16. The van der Waals surface area contributed by atoms with Crippen molar-refractivity contribution in [3.05, 3.63) is 46.2 Å². The summed E-state index contributed by atoms with van der Waals surface area (Å²) < 4.78 is 10.5. The van der Waals surface area contributed by atoms with Gasteiger partial charge in [0, 0.05) is 24.0 Å². The van der Waals surface area contributed by atoms with Crippen LogP contribution in [0.25, 0.3) is 0 Å². The predicted octanol–water partition coefficient (Wildman–Crippen LogP) is 2.08. The quantitative estimate of drug-likeness (QED) is 0.920. The lowest BCUT2D eigenvalue weighted by Crippen LogP contribution is -2.52. The fraction of sp³-hybridized carbons (Fsp3) is 0.294. The fourth-order valence-electron chi connectivity index (χ4n) is 2.75. The van der Waals surface area contributed by atoms with E-state index in [1.807, 2.05) is 17.5 Å². The van der Waals surface area contributed by atoms with Crippen LogP contribution in [-0.2, 0) is 4.79 Å². The molecule has 126 valence electrons. The van der Waals surface area contributed by atoms with Crippen molar-refractivity contribution in [3.63, 3.8) is 0 Å². The highest BCUT2D eigenvalue weighted by Gasteiger charge is 2.36. The first-order chi connectivity index (χ1) is 11.7. The van der Waals surface area contributed by atoms with Crippen molar-refractivity contribution in [2.45, 2.75) is 6.04 Å². The molecule has 1 aliphatic heterocycles. The Kier molecular flexibility index (Phi) is 4.71. The van der Waals surface area contributed by atoms with Crippen molar-refractivity contribution in [3.8, 4) is 11.5 Å². The molecule has 1 aromatic heterocycles. The van der Waals surface area contributed by atoms with E-state index in [0.29, 0.717) is 30.2 Å². The second-order valence-electron chi connectivity index (χ2n) is 5.27. The number of piperazine rings is 1. The Morgan fingerprint density at radius 2 is 2.12 bits per heavy atom. The minimum absolute atomic E-state index is 0.162. The van der Waals surface area contributed by atoms with Gasteiger partial charge < -0.3 is 19.7 Å². The van der Waals surface area contributed by atoms with Crippen LogP contribution < -0.4 is 14.8 Å². The van der Waals surface area contributed by atoms with Crippen LogP contribution in [0.1, 0.15) is 21.3 Å². The van der Waals surface area contributed by atoms with Crippen molar-refractivity contribution >= 4 is 23.2 Å². The molecule has 24 heavy (non-hydrogen) atoms. The van der Waals surface area contributed by atoms with Gasteiger partial charge in [-0.25, -0.2) is 0 Å². The molecule has 0 aliphatic carbocycles. The topological polar surface area (TPSA) is 67.9 Å². The summed E-state index contributed by atoms with van der Waals surface area (Å²) in [6.07, 6.45) is 0. The Balaban J connectivity index is 1.97. The summed E-state index contributed by atoms with van der Waals surface area (Å²) in [5, 5.41) is 4.72. The second-order valence-corrected chi connectivity index (χ2v) is 6.25. The number of nitrogens with zero attached hydrogens (tertiary/aromatic N) is 1. The standard InChI is InChI=1S/C17H18N2O4S/c1-22-11-5-6-12(13(10-11)23-2)17(21)19-8-7-18-16(20)15(19)14-4-3-9-24-14/h3-6,9-10,15H,7-8H2,1-2H3,(H,18,20)/t15-/m0/s1.